The van der Waals surface area contributed by atoms with Crippen LogP contribution in [-0.4, -0.2) is 37.5 Å². The molecule has 7 heteroatoms. The summed E-state index contributed by atoms with van der Waals surface area (Å²) in [5.74, 6) is 0.0335. The van der Waals surface area contributed by atoms with Crippen molar-refractivity contribution in [3.8, 4) is 0 Å². The Bertz CT molecular complexity index is 587. The van der Waals surface area contributed by atoms with Gasteiger partial charge in [0.05, 0.1) is 5.25 Å². The van der Waals surface area contributed by atoms with E-state index < -0.39 is 0 Å². The largest absolute Gasteiger partial charge is 0.355 e. The number of rotatable bonds is 8. The van der Waals surface area contributed by atoms with E-state index in [0.717, 1.165) is 30.2 Å². The number of thioether (sulfide) groups is 1. The summed E-state index contributed by atoms with van der Waals surface area (Å²) in [5.41, 5.74) is 1.03. The molecule has 0 aliphatic rings. The fraction of sp³-hybridized carbons (Fsp3) is 0.467. The van der Waals surface area contributed by atoms with E-state index >= 15 is 0 Å². The molecule has 0 fully saturated rings. The van der Waals surface area contributed by atoms with Crippen LogP contribution in [0.5, 0.6) is 0 Å². The number of aromatic nitrogens is 4. The SMILES string of the molecule is CCCNC(=O)C(C)Sc1nncn1CCc1ccccn1. The monoisotopic (exact) mass is 319 g/mol. The first-order chi connectivity index (χ1) is 10.7. The second-order valence-electron chi connectivity index (χ2n) is 4.93. The Morgan fingerprint density at radius 2 is 2.32 bits per heavy atom. The molecule has 1 atom stereocenters. The van der Waals surface area contributed by atoms with Gasteiger partial charge in [0.1, 0.15) is 6.33 Å². The lowest BCUT2D eigenvalue weighted by atomic mass is 10.3. The van der Waals surface area contributed by atoms with Gasteiger partial charge in [0.2, 0.25) is 5.91 Å². The molecule has 0 saturated carbocycles. The summed E-state index contributed by atoms with van der Waals surface area (Å²) in [6.45, 7) is 5.37. The molecule has 1 amide bonds. The molecule has 0 bridgehead atoms. The lowest BCUT2D eigenvalue weighted by Crippen LogP contribution is -2.31. The molecule has 2 aromatic heterocycles. The average Bonchev–Trinajstić information content (AvgIpc) is 2.98. The van der Waals surface area contributed by atoms with Crippen LogP contribution < -0.4 is 5.32 Å². The number of carbonyl (C=O) groups excluding carboxylic acids is 1. The van der Waals surface area contributed by atoms with Crippen LogP contribution in [0.1, 0.15) is 26.0 Å². The first-order valence-corrected chi connectivity index (χ1v) is 8.30. The number of hydrogen-bond donors (Lipinski definition) is 1. The minimum absolute atomic E-state index is 0.0335. The Morgan fingerprint density at radius 3 is 3.05 bits per heavy atom. The van der Waals surface area contributed by atoms with Gasteiger partial charge in [0.25, 0.3) is 0 Å². The molecule has 22 heavy (non-hydrogen) atoms. The molecule has 0 aliphatic heterocycles. The summed E-state index contributed by atoms with van der Waals surface area (Å²) in [5, 5.41) is 11.5. The van der Waals surface area contributed by atoms with E-state index in [-0.39, 0.29) is 11.2 Å². The molecular formula is C15H21N5OS. The van der Waals surface area contributed by atoms with Gasteiger partial charge in [-0.25, -0.2) is 0 Å². The topological polar surface area (TPSA) is 72.7 Å². The molecule has 2 rings (SSSR count). The van der Waals surface area contributed by atoms with Gasteiger partial charge in [-0.15, -0.1) is 10.2 Å². The van der Waals surface area contributed by atoms with Gasteiger partial charge in [0, 0.05) is 31.4 Å². The van der Waals surface area contributed by atoms with Crippen LogP contribution >= 0.6 is 11.8 Å². The number of amides is 1. The first kappa shape index (κ1) is 16.5. The lowest BCUT2D eigenvalue weighted by molar-refractivity contribution is -0.120. The number of carbonyl (C=O) groups is 1. The zero-order valence-corrected chi connectivity index (χ0v) is 13.7. The molecule has 0 radical (unpaired) electrons. The fourth-order valence-corrected chi connectivity index (χ4v) is 2.75. The van der Waals surface area contributed by atoms with Crippen LogP contribution in [-0.2, 0) is 17.8 Å². The zero-order chi connectivity index (χ0) is 15.8. The number of nitrogens with zero attached hydrogens (tertiary/aromatic N) is 4. The highest BCUT2D eigenvalue weighted by Gasteiger charge is 2.17. The van der Waals surface area contributed by atoms with Crippen LogP contribution in [0.4, 0.5) is 0 Å². The van der Waals surface area contributed by atoms with E-state index in [4.69, 9.17) is 0 Å². The van der Waals surface area contributed by atoms with Crippen LogP contribution in [0.25, 0.3) is 0 Å². The van der Waals surface area contributed by atoms with Crippen molar-refractivity contribution in [2.75, 3.05) is 6.54 Å². The summed E-state index contributed by atoms with van der Waals surface area (Å²) in [7, 11) is 0. The van der Waals surface area contributed by atoms with Crippen molar-refractivity contribution in [1.82, 2.24) is 25.1 Å². The van der Waals surface area contributed by atoms with Gasteiger partial charge < -0.3 is 9.88 Å². The van der Waals surface area contributed by atoms with Crippen LogP contribution in [0.3, 0.4) is 0 Å². The van der Waals surface area contributed by atoms with Crippen molar-refractivity contribution in [1.29, 1.82) is 0 Å². The molecule has 2 aromatic rings. The maximum Gasteiger partial charge on any atom is 0.233 e. The van der Waals surface area contributed by atoms with Crippen molar-refractivity contribution in [2.45, 2.75) is 43.6 Å². The minimum Gasteiger partial charge on any atom is -0.355 e. The van der Waals surface area contributed by atoms with E-state index in [0.29, 0.717) is 6.54 Å². The van der Waals surface area contributed by atoms with Crippen molar-refractivity contribution >= 4 is 17.7 Å². The average molecular weight is 319 g/mol. The van der Waals surface area contributed by atoms with E-state index in [1.165, 1.54) is 11.8 Å². The maximum atomic E-state index is 11.9. The highest BCUT2D eigenvalue weighted by atomic mass is 32.2. The third-order valence-corrected chi connectivity index (χ3v) is 4.21. The summed E-state index contributed by atoms with van der Waals surface area (Å²) in [6.07, 6.45) is 5.23. The lowest BCUT2D eigenvalue weighted by Gasteiger charge is -2.11. The Hall–Kier alpha value is -1.89. The molecule has 118 valence electrons. The molecule has 0 spiro atoms. The van der Waals surface area contributed by atoms with Crippen LogP contribution in [0.15, 0.2) is 35.9 Å². The minimum atomic E-state index is -0.190. The fourth-order valence-electron chi connectivity index (χ4n) is 1.87. The van der Waals surface area contributed by atoms with Gasteiger partial charge >= 0.3 is 0 Å². The van der Waals surface area contributed by atoms with Gasteiger partial charge in [-0.3, -0.25) is 9.78 Å². The Kier molecular flexibility index (Phi) is 6.39. The van der Waals surface area contributed by atoms with E-state index in [1.807, 2.05) is 36.6 Å². The Morgan fingerprint density at radius 1 is 1.45 bits per heavy atom. The summed E-state index contributed by atoms with van der Waals surface area (Å²) in [4.78, 5) is 16.2. The molecule has 0 aromatic carbocycles. The van der Waals surface area contributed by atoms with E-state index in [2.05, 4.69) is 20.5 Å². The third-order valence-electron chi connectivity index (χ3n) is 3.12. The van der Waals surface area contributed by atoms with E-state index in [9.17, 15) is 4.79 Å². The quantitative estimate of drug-likeness (QED) is 0.753. The van der Waals surface area contributed by atoms with Crippen LogP contribution in [0.2, 0.25) is 0 Å². The van der Waals surface area contributed by atoms with Gasteiger partial charge in [0.15, 0.2) is 5.16 Å². The van der Waals surface area contributed by atoms with Crippen molar-refractivity contribution in [3.05, 3.63) is 36.4 Å². The molecular weight excluding hydrogens is 298 g/mol. The number of aryl methyl sites for hydroxylation is 2. The Labute approximate surface area is 134 Å². The molecule has 2 heterocycles. The summed E-state index contributed by atoms with van der Waals surface area (Å²) in [6, 6.07) is 5.88. The summed E-state index contributed by atoms with van der Waals surface area (Å²) >= 11 is 1.43. The molecule has 0 aliphatic carbocycles. The molecule has 1 unspecified atom stereocenters. The van der Waals surface area contributed by atoms with Gasteiger partial charge in [-0.1, -0.05) is 24.8 Å². The zero-order valence-electron chi connectivity index (χ0n) is 12.9. The molecule has 6 nitrogen and oxygen atoms in total. The highest BCUT2D eigenvalue weighted by Crippen LogP contribution is 2.21. The smallest absolute Gasteiger partial charge is 0.233 e. The van der Waals surface area contributed by atoms with Crippen molar-refractivity contribution in [2.24, 2.45) is 0 Å². The number of nitrogens with one attached hydrogen (secondary N) is 1. The molecule has 0 saturated heterocycles. The molecule has 1 N–H and O–H groups in total. The van der Waals surface area contributed by atoms with Gasteiger partial charge in [-0.2, -0.15) is 0 Å². The highest BCUT2D eigenvalue weighted by molar-refractivity contribution is 8.00. The van der Waals surface area contributed by atoms with Gasteiger partial charge in [-0.05, 0) is 25.5 Å². The Balaban J connectivity index is 1.90. The second kappa shape index (κ2) is 8.53. The first-order valence-electron chi connectivity index (χ1n) is 7.42. The predicted octanol–water partition coefficient (Wildman–Crippen LogP) is 1.92. The van der Waals surface area contributed by atoms with Crippen molar-refractivity contribution in [3.63, 3.8) is 0 Å². The third kappa shape index (κ3) is 4.84. The summed E-state index contributed by atoms with van der Waals surface area (Å²) < 4.78 is 1.96. The maximum absolute atomic E-state index is 11.9. The number of pyridine rings is 1. The number of hydrogen-bond acceptors (Lipinski definition) is 5. The van der Waals surface area contributed by atoms with Crippen LogP contribution in [0, 0.1) is 0 Å². The van der Waals surface area contributed by atoms with E-state index in [1.54, 1.807) is 12.5 Å². The predicted molar refractivity (Wildman–Crippen MR) is 86.6 cm³/mol. The normalized spacial score (nSPS) is 12.1. The second-order valence-corrected chi connectivity index (χ2v) is 6.24. The van der Waals surface area contributed by atoms with Crippen molar-refractivity contribution < 1.29 is 4.79 Å². The standard InChI is InChI=1S/C15H21N5OS/c1-3-8-17-14(21)12(2)22-15-19-18-11-20(15)10-7-13-6-4-5-9-16-13/h4-6,9,11-12H,3,7-8,10H2,1-2H3,(H,17,21).